The van der Waals surface area contributed by atoms with Gasteiger partial charge in [-0.2, -0.15) is 10.2 Å². The standard InChI is InChI=1S/C17H27N7O/c1-18-17(19-6-4-5-14-9-20-22(2)11-14)24-7-8-25-16(13-24)15-10-21-23(3)12-15/h9-12,16H,4-8,13H2,1-3H3,(H,18,19). The van der Waals surface area contributed by atoms with E-state index in [9.17, 15) is 0 Å². The van der Waals surface area contributed by atoms with Gasteiger partial charge in [0.1, 0.15) is 6.10 Å². The summed E-state index contributed by atoms with van der Waals surface area (Å²) in [5.41, 5.74) is 2.38. The topological polar surface area (TPSA) is 72.5 Å². The molecule has 1 saturated heterocycles. The highest BCUT2D eigenvalue weighted by atomic mass is 16.5. The fraction of sp³-hybridized carbons (Fsp3) is 0.588. The third-order valence-electron chi connectivity index (χ3n) is 4.36. The molecule has 0 amide bonds. The van der Waals surface area contributed by atoms with Crippen molar-refractivity contribution in [2.24, 2.45) is 19.1 Å². The van der Waals surface area contributed by atoms with Gasteiger partial charge < -0.3 is 15.0 Å². The average Bonchev–Trinajstić information content (AvgIpc) is 3.23. The van der Waals surface area contributed by atoms with Crippen molar-refractivity contribution in [2.45, 2.75) is 18.9 Å². The molecule has 1 fully saturated rings. The molecule has 0 bridgehead atoms. The molecule has 3 heterocycles. The van der Waals surface area contributed by atoms with E-state index in [1.165, 1.54) is 5.56 Å². The first-order valence-corrected chi connectivity index (χ1v) is 8.69. The Morgan fingerprint density at radius 2 is 2.08 bits per heavy atom. The van der Waals surface area contributed by atoms with Gasteiger partial charge in [0.2, 0.25) is 0 Å². The SMILES string of the molecule is CN=C(NCCCc1cnn(C)c1)N1CCOC(c2cnn(C)c2)C1. The summed E-state index contributed by atoms with van der Waals surface area (Å²) < 4.78 is 9.55. The first-order chi connectivity index (χ1) is 12.2. The van der Waals surface area contributed by atoms with Gasteiger partial charge in [0.05, 0.1) is 25.5 Å². The van der Waals surface area contributed by atoms with Crippen LogP contribution in [0.4, 0.5) is 0 Å². The van der Waals surface area contributed by atoms with Crippen LogP contribution in [0.5, 0.6) is 0 Å². The Bertz CT molecular complexity index is 705. The molecular weight excluding hydrogens is 318 g/mol. The normalized spacial score (nSPS) is 18.6. The van der Waals surface area contributed by atoms with Crippen LogP contribution < -0.4 is 5.32 Å². The molecule has 1 aliphatic rings. The number of morpholine rings is 1. The fourth-order valence-corrected chi connectivity index (χ4v) is 3.08. The first kappa shape index (κ1) is 17.5. The molecule has 2 aromatic heterocycles. The summed E-state index contributed by atoms with van der Waals surface area (Å²) in [5.74, 6) is 0.934. The van der Waals surface area contributed by atoms with Gasteiger partial charge in [-0.3, -0.25) is 14.4 Å². The Hall–Kier alpha value is -2.35. The van der Waals surface area contributed by atoms with Gasteiger partial charge >= 0.3 is 0 Å². The summed E-state index contributed by atoms with van der Waals surface area (Å²) in [5, 5.41) is 11.9. The quantitative estimate of drug-likeness (QED) is 0.491. The molecule has 25 heavy (non-hydrogen) atoms. The van der Waals surface area contributed by atoms with Crippen LogP contribution in [0.15, 0.2) is 29.8 Å². The van der Waals surface area contributed by atoms with Gasteiger partial charge in [-0.1, -0.05) is 0 Å². The lowest BCUT2D eigenvalue weighted by Crippen LogP contribution is -2.48. The number of hydrogen-bond donors (Lipinski definition) is 1. The van der Waals surface area contributed by atoms with Gasteiger partial charge in [0.25, 0.3) is 0 Å². The van der Waals surface area contributed by atoms with Crippen LogP contribution in [0, 0.1) is 0 Å². The van der Waals surface area contributed by atoms with Crippen molar-refractivity contribution >= 4 is 5.96 Å². The molecule has 0 radical (unpaired) electrons. The minimum atomic E-state index is 0.0383. The highest BCUT2D eigenvalue weighted by Crippen LogP contribution is 2.21. The van der Waals surface area contributed by atoms with Crippen LogP contribution >= 0.6 is 0 Å². The van der Waals surface area contributed by atoms with E-state index in [4.69, 9.17) is 4.74 Å². The Kier molecular flexibility index (Phi) is 5.70. The molecule has 8 heteroatoms. The number of guanidine groups is 1. The smallest absolute Gasteiger partial charge is 0.193 e. The zero-order valence-electron chi connectivity index (χ0n) is 15.2. The second-order valence-corrected chi connectivity index (χ2v) is 6.35. The Morgan fingerprint density at radius 3 is 2.76 bits per heavy atom. The van der Waals surface area contributed by atoms with Gasteiger partial charge in [-0.15, -0.1) is 0 Å². The highest BCUT2D eigenvalue weighted by Gasteiger charge is 2.24. The highest BCUT2D eigenvalue weighted by molar-refractivity contribution is 5.80. The molecule has 1 atom stereocenters. The molecule has 0 saturated carbocycles. The zero-order chi connectivity index (χ0) is 17.6. The number of ether oxygens (including phenoxy) is 1. The molecule has 2 aromatic rings. The van der Waals surface area contributed by atoms with E-state index in [-0.39, 0.29) is 6.10 Å². The Balaban J connectivity index is 1.48. The van der Waals surface area contributed by atoms with E-state index in [1.807, 2.05) is 49.1 Å². The van der Waals surface area contributed by atoms with Gasteiger partial charge in [0, 0.05) is 52.2 Å². The number of nitrogens with zero attached hydrogens (tertiary/aromatic N) is 6. The van der Waals surface area contributed by atoms with Crippen molar-refractivity contribution in [3.63, 3.8) is 0 Å². The van der Waals surface area contributed by atoms with E-state index < -0.39 is 0 Å². The molecule has 8 nitrogen and oxygen atoms in total. The second kappa shape index (κ2) is 8.15. The predicted octanol–water partition coefficient (Wildman–Crippen LogP) is 0.735. The van der Waals surface area contributed by atoms with E-state index in [2.05, 4.69) is 31.6 Å². The minimum Gasteiger partial charge on any atom is -0.370 e. The first-order valence-electron chi connectivity index (χ1n) is 8.69. The van der Waals surface area contributed by atoms with Crippen molar-refractivity contribution in [3.8, 4) is 0 Å². The van der Waals surface area contributed by atoms with Crippen molar-refractivity contribution < 1.29 is 4.74 Å². The fourth-order valence-electron chi connectivity index (χ4n) is 3.08. The summed E-state index contributed by atoms with van der Waals surface area (Å²) in [6.45, 7) is 3.21. The Morgan fingerprint density at radius 1 is 1.28 bits per heavy atom. The monoisotopic (exact) mass is 345 g/mol. The lowest BCUT2D eigenvalue weighted by atomic mass is 10.1. The lowest BCUT2D eigenvalue weighted by Gasteiger charge is -2.34. The maximum atomic E-state index is 5.90. The molecule has 1 unspecified atom stereocenters. The third kappa shape index (κ3) is 4.60. The van der Waals surface area contributed by atoms with E-state index in [1.54, 1.807) is 0 Å². The van der Waals surface area contributed by atoms with Gasteiger partial charge in [-0.25, -0.2) is 0 Å². The number of hydrogen-bond acceptors (Lipinski definition) is 4. The number of aromatic nitrogens is 4. The summed E-state index contributed by atoms with van der Waals surface area (Å²) >= 11 is 0. The van der Waals surface area contributed by atoms with Crippen LogP contribution in [-0.4, -0.2) is 63.7 Å². The van der Waals surface area contributed by atoms with Crippen molar-refractivity contribution in [1.29, 1.82) is 0 Å². The molecule has 0 aliphatic carbocycles. The number of aliphatic imine (C=N–C) groups is 1. The van der Waals surface area contributed by atoms with Crippen molar-refractivity contribution in [1.82, 2.24) is 29.8 Å². The van der Waals surface area contributed by atoms with Crippen LogP contribution in [0.1, 0.15) is 23.7 Å². The molecule has 3 rings (SSSR count). The Labute approximate surface area is 148 Å². The maximum absolute atomic E-state index is 5.90. The minimum absolute atomic E-state index is 0.0383. The van der Waals surface area contributed by atoms with Crippen LogP contribution in [0.3, 0.4) is 0 Å². The largest absolute Gasteiger partial charge is 0.370 e. The van der Waals surface area contributed by atoms with Crippen molar-refractivity contribution in [3.05, 3.63) is 35.9 Å². The van der Waals surface area contributed by atoms with Crippen LogP contribution in [0.2, 0.25) is 0 Å². The van der Waals surface area contributed by atoms with Crippen molar-refractivity contribution in [2.75, 3.05) is 33.3 Å². The average molecular weight is 345 g/mol. The number of nitrogens with one attached hydrogen (secondary N) is 1. The van der Waals surface area contributed by atoms with Crippen LogP contribution in [0.25, 0.3) is 0 Å². The second-order valence-electron chi connectivity index (χ2n) is 6.35. The molecular formula is C17H27N7O. The summed E-state index contributed by atoms with van der Waals surface area (Å²) in [7, 11) is 5.70. The molecule has 0 spiro atoms. The molecule has 0 aromatic carbocycles. The maximum Gasteiger partial charge on any atom is 0.193 e. The number of aryl methyl sites for hydroxylation is 3. The summed E-state index contributed by atoms with van der Waals surface area (Å²) in [4.78, 5) is 6.69. The lowest BCUT2D eigenvalue weighted by molar-refractivity contribution is -0.00801. The molecule has 1 N–H and O–H groups in total. The zero-order valence-corrected chi connectivity index (χ0v) is 15.2. The molecule has 136 valence electrons. The predicted molar refractivity (Wildman–Crippen MR) is 96.4 cm³/mol. The van der Waals surface area contributed by atoms with E-state index in [0.717, 1.165) is 44.0 Å². The molecule has 1 aliphatic heterocycles. The van der Waals surface area contributed by atoms with Crippen LogP contribution in [-0.2, 0) is 25.3 Å². The van der Waals surface area contributed by atoms with Gasteiger partial charge in [-0.05, 0) is 18.4 Å². The summed E-state index contributed by atoms with van der Waals surface area (Å²) in [6.07, 6.45) is 9.97. The van der Waals surface area contributed by atoms with Gasteiger partial charge in [0.15, 0.2) is 5.96 Å². The van der Waals surface area contributed by atoms with E-state index in [0.29, 0.717) is 6.61 Å². The summed E-state index contributed by atoms with van der Waals surface area (Å²) in [6, 6.07) is 0. The third-order valence-corrected chi connectivity index (χ3v) is 4.36. The number of rotatable bonds is 5. The van der Waals surface area contributed by atoms with E-state index >= 15 is 0 Å².